The molecule has 0 atom stereocenters. The van der Waals surface area contributed by atoms with Crippen molar-refractivity contribution in [2.24, 2.45) is 0 Å². The number of rotatable bonds is 1. The van der Waals surface area contributed by atoms with E-state index in [1.54, 1.807) is 6.20 Å². The van der Waals surface area contributed by atoms with Gasteiger partial charge in [0.1, 0.15) is 0 Å². The third-order valence-electron chi connectivity index (χ3n) is 3.41. The second-order valence-corrected chi connectivity index (χ2v) is 6.17. The van der Waals surface area contributed by atoms with Crippen LogP contribution in [-0.2, 0) is 0 Å². The lowest BCUT2D eigenvalue weighted by Crippen LogP contribution is -2.39. The summed E-state index contributed by atoms with van der Waals surface area (Å²) in [6.07, 6.45) is 5.20. The van der Waals surface area contributed by atoms with Crippen molar-refractivity contribution < 1.29 is 5.11 Å². The summed E-state index contributed by atoms with van der Waals surface area (Å²) >= 11 is 9.60. The molecule has 0 aromatic carbocycles. The largest absolute Gasteiger partial charge is 0.390 e. The van der Waals surface area contributed by atoms with Crippen LogP contribution in [-0.4, -0.2) is 20.1 Å². The monoisotopic (exact) mass is 314 g/mol. The van der Waals surface area contributed by atoms with Crippen LogP contribution in [0.2, 0.25) is 5.15 Å². The van der Waals surface area contributed by atoms with Crippen LogP contribution in [0.25, 0.3) is 5.52 Å². The quantitative estimate of drug-likeness (QED) is 0.876. The van der Waals surface area contributed by atoms with E-state index in [4.69, 9.17) is 11.6 Å². The SMILES string of the molecule is CC1(O)CC(c2cc(Br)c3c(Cl)nccn23)C1. The van der Waals surface area contributed by atoms with Gasteiger partial charge < -0.3 is 9.51 Å². The number of nitrogens with zero attached hydrogens (tertiary/aromatic N) is 2. The summed E-state index contributed by atoms with van der Waals surface area (Å²) in [4.78, 5) is 4.08. The molecule has 1 aliphatic carbocycles. The Balaban J connectivity index is 2.10. The lowest BCUT2D eigenvalue weighted by Gasteiger charge is -2.40. The van der Waals surface area contributed by atoms with Crippen molar-refractivity contribution in [1.29, 1.82) is 0 Å². The van der Waals surface area contributed by atoms with Crippen molar-refractivity contribution in [2.75, 3.05) is 0 Å². The molecule has 0 spiro atoms. The lowest BCUT2D eigenvalue weighted by molar-refractivity contribution is -0.0324. The Bertz CT molecular complexity index is 585. The smallest absolute Gasteiger partial charge is 0.154 e. The number of hydrogen-bond donors (Lipinski definition) is 1. The van der Waals surface area contributed by atoms with Gasteiger partial charge in [0, 0.05) is 28.5 Å². The maximum absolute atomic E-state index is 9.82. The standard InChI is InChI=1S/C12H12BrClN2O/c1-12(17)5-7(6-12)9-4-8(13)10-11(14)15-2-3-16(9)10/h2-4,7,17H,5-6H2,1H3. The van der Waals surface area contributed by atoms with Gasteiger partial charge in [-0.05, 0) is 41.8 Å². The van der Waals surface area contributed by atoms with E-state index in [9.17, 15) is 5.11 Å². The fourth-order valence-corrected chi connectivity index (χ4v) is 3.60. The molecule has 2 aromatic heterocycles. The molecular weight excluding hydrogens is 304 g/mol. The minimum Gasteiger partial charge on any atom is -0.390 e. The Morgan fingerprint density at radius 3 is 2.94 bits per heavy atom. The van der Waals surface area contributed by atoms with Crippen molar-refractivity contribution in [3.63, 3.8) is 0 Å². The summed E-state index contributed by atoms with van der Waals surface area (Å²) in [5.41, 5.74) is 1.57. The zero-order chi connectivity index (χ0) is 12.2. The summed E-state index contributed by atoms with van der Waals surface area (Å²) in [5, 5.41) is 10.3. The van der Waals surface area contributed by atoms with E-state index in [0.29, 0.717) is 11.1 Å². The Morgan fingerprint density at radius 2 is 2.29 bits per heavy atom. The van der Waals surface area contributed by atoms with Crippen LogP contribution in [0.4, 0.5) is 0 Å². The Hall–Kier alpha value is -0.580. The molecule has 1 aliphatic rings. The van der Waals surface area contributed by atoms with Gasteiger partial charge in [-0.15, -0.1) is 0 Å². The zero-order valence-electron chi connectivity index (χ0n) is 9.32. The molecule has 90 valence electrons. The normalized spacial score (nSPS) is 28.4. The number of hydrogen-bond acceptors (Lipinski definition) is 2. The molecule has 2 aromatic rings. The first-order valence-electron chi connectivity index (χ1n) is 5.51. The molecule has 2 heterocycles. The fraction of sp³-hybridized carbons (Fsp3) is 0.417. The summed E-state index contributed by atoms with van der Waals surface area (Å²) in [6, 6.07) is 2.07. The van der Waals surface area contributed by atoms with E-state index in [1.807, 2.05) is 13.1 Å². The molecule has 5 heteroatoms. The van der Waals surface area contributed by atoms with Crippen LogP contribution >= 0.6 is 27.5 Å². The van der Waals surface area contributed by atoms with Crippen LogP contribution < -0.4 is 0 Å². The number of fused-ring (bicyclic) bond motifs is 1. The minimum absolute atomic E-state index is 0.391. The average Bonchev–Trinajstić information content (AvgIpc) is 2.54. The molecule has 3 nitrogen and oxygen atoms in total. The first-order chi connectivity index (χ1) is 7.98. The summed E-state index contributed by atoms with van der Waals surface area (Å²) in [7, 11) is 0. The number of halogens is 2. The molecule has 1 fully saturated rings. The van der Waals surface area contributed by atoms with Crippen LogP contribution in [0.15, 0.2) is 22.9 Å². The third-order valence-corrected chi connectivity index (χ3v) is 4.29. The van der Waals surface area contributed by atoms with E-state index in [0.717, 1.165) is 22.8 Å². The van der Waals surface area contributed by atoms with Crippen molar-refractivity contribution in [2.45, 2.75) is 31.3 Å². The van der Waals surface area contributed by atoms with Crippen LogP contribution in [0.3, 0.4) is 0 Å². The van der Waals surface area contributed by atoms with Crippen molar-refractivity contribution in [1.82, 2.24) is 9.38 Å². The molecule has 0 aliphatic heterocycles. The highest BCUT2D eigenvalue weighted by Gasteiger charge is 2.40. The summed E-state index contributed by atoms with van der Waals surface area (Å²) < 4.78 is 3.01. The lowest BCUT2D eigenvalue weighted by atomic mass is 9.71. The molecule has 0 bridgehead atoms. The van der Waals surface area contributed by atoms with Crippen molar-refractivity contribution >= 4 is 33.0 Å². The van der Waals surface area contributed by atoms with Gasteiger partial charge >= 0.3 is 0 Å². The van der Waals surface area contributed by atoms with E-state index in [-0.39, 0.29) is 0 Å². The van der Waals surface area contributed by atoms with Crippen LogP contribution in [0, 0.1) is 0 Å². The van der Waals surface area contributed by atoms with E-state index < -0.39 is 5.60 Å². The predicted octanol–water partition coefficient (Wildman–Crippen LogP) is 3.38. The van der Waals surface area contributed by atoms with Crippen LogP contribution in [0.5, 0.6) is 0 Å². The highest BCUT2D eigenvalue weighted by molar-refractivity contribution is 9.10. The molecular formula is C12H12BrClN2O. The van der Waals surface area contributed by atoms with Gasteiger partial charge in [-0.1, -0.05) is 11.6 Å². The van der Waals surface area contributed by atoms with Gasteiger partial charge in [-0.25, -0.2) is 4.98 Å². The van der Waals surface area contributed by atoms with Gasteiger partial charge in [0.15, 0.2) is 5.15 Å². The molecule has 0 saturated heterocycles. The molecule has 3 rings (SSSR count). The third kappa shape index (κ3) is 1.79. The predicted molar refractivity (Wildman–Crippen MR) is 70.5 cm³/mol. The maximum Gasteiger partial charge on any atom is 0.154 e. The van der Waals surface area contributed by atoms with Crippen molar-refractivity contribution in [3.05, 3.63) is 33.8 Å². The topological polar surface area (TPSA) is 37.5 Å². The maximum atomic E-state index is 9.82. The molecule has 0 radical (unpaired) electrons. The van der Waals surface area contributed by atoms with Gasteiger partial charge in [0.05, 0.1) is 11.1 Å². The van der Waals surface area contributed by atoms with E-state index in [1.165, 1.54) is 5.69 Å². The molecule has 0 unspecified atom stereocenters. The molecule has 17 heavy (non-hydrogen) atoms. The Kier molecular flexibility index (Phi) is 2.51. The van der Waals surface area contributed by atoms with E-state index >= 15 is 0 Å². The number of aromatic nitrogens is 2. The van der Waals surface area contributed by atoms with E-state index in [2.05, 4.69) is 31.4 Å². The summed E-state index contributed by atoms with van der Waals surface area (Å²) in [6.45, 7) is 1.88. The highest BCUT2D eigenvalue weighted by atomic mass is 79.9. The highest BCUT2D eigenvalue weighted by Crippen LogP contribution is 2.46. The van der Waals surface area contributed by atoms with Gasteiger partial charge in [-0.3, -0.25) is 0 Å². The van der Waals surface area contributed by atoms with Crippen molar-refractivity contribution in [3.8, 4) is 0 Å². The van der Waals surface area contributed by atoms with Gasteiger partial charge in [0.2, 0.25) is 0 Å². The molecule has 1 saturated carbocycles. The first kappa shape index (κ1) is 11.5. The molecule has 0 amide bonds. The minimum atomic E-state index is -0.516. The molecule has 1 N–H and O–H groups in total. The second kappa shape index (κ2) is 3.70. The second-order valence-electron chi connectivity index (χ2n) is 4.96. The number of aliphatic hydroxyl groups is 1. The van der Waals surface area contributed by atoms with Gasteiger partial charge in [-0.2, -0.15) is 0 Å². The average molecular weight is 316 g/mol. The van der Waals surface area contributed by atoms with Crippen LogP contribution in [0.1, 0.15) is 31.4 Å². The Morgan fingerprint density at radius 1 is 1.59 bits per heavy atom. The van der Waals surface area contributed by atoms with Gasteiger partial charge in [0.25, 0.3) is 0 Å². The first-order valence-corrected chi connectivity index (χ1v) is 6.68. The Labute approximate surface area is 113 Å². The zero-order valence-corrected chi connectivity index (χ0v) is 11.7. The summed E-state index contributed by atoms with van der Waals surface area (Å²) in [5.74, 6) is 0.391. The fourth-order valence-electron chi connectivity index (χ4n) is 2.62.